The molecular weight excluding hydrogens is 564 g/mol. The van der Waals surface area contributed by atoms with Crippen molar-refractivity contribution in [3.05, 3.63) is 96.1 Å². The molecule has 0 saturated carbocycles. The molecule has 7 rings (SSSR count). The highest BCUT2D eigenvalue weighted by Crippen LogP contribution is 2.36. The zero-order chi connectivity index (χ0) is 29.4. The van der Waals surface area contributed by atoms with E-state index in [2.05, 4.69) is 38.7 Å². The molecule has 3 aromatic carbocycles. The van der Waals surface area contributed by atoms with Gasteiger partial charge in [-0.25, -0.2) is 13.1 Å². The number of ether oxygens (including phenoxy) is 1. The predicted molar refractivity (Wildman–Crippen MR) is 162 cm³/mol. The molecule has 11 heteroatoms. The Bertz CT molecular complexity index is 1800. The summed E-state index contributed by atoms with van der Waals surface area (Å²) < 4.78 is 36.5. The maximum Gasteiger partial charge on any atom is 0.264 e. The lowest BCUT2D eigenvalue weighted by Gasteiger charge is -2.31. The minimum atomic E-state index is -4.01. The molecule has 1 amide bonds. The number of hydrogen-bond donors (Lipinski definition) is 1. The van der Waals surface area contributed by atoms with Crippen molar-refractivity contribution in [1.29, 1.82) is 0 Å². The smallest absolute Gasteiger partial charge is 0.264 e. The number of aromatic nitrogens is 3. The highest BCUT2D eigenvalue weighted by molar-refractivity contribution is 7.89. The van der Waals surface area contributed by atoms with Crippen molar-refractivity contribution in [2.24, 2.45) is 0 Å². The van der Waals surface area contributed by atoms with Gasteiger partial charge in [-0.2, -0.15) is 0 Å². The molecule has 0 radical (unpaired) electrons. The van der Waals surface area contributed by atoms with E-state index in [0.29, 0.717) is 12.3 Å². The number of nitrogens with one attached hydrogen (secondary N) is 1. The second-order valence-corrected chi connectivity index (χ2v) is 13.3. The fourth-order valence-corrected chi connectivity index (χ4v) is 7.80. The molecule has 1 fully saturated rings. The Labute approximate surface area is 251 Å². The van der Waals surface area contributed by atoms with Crippen molar-refractivity contribution in [1.82, 2.24) is 29.5 Å². The summed E-state index contributed by atoms with van der Waals surface area (Å²) in [6, 6.07) is 17.9. The predicted octanol–water partition coefficient (Wildman–Crippen LogP) is 3.99. The van der Waals surface area contributed by atoms with Crippen molar-refractivity contribution in [2.75, 3.05) is 19.7 Å². The first-order valence-electron chi connectivity index (χ1n) is 14.8. The van der Waals surface area contributed by atoms with Gasteiger partial charge in [0.2, 0.25) is 5.91 Å². The highest BCUT2D eigenvalue weighted by atomic mass is 32.2. The number of carbonyl (C=O) groups excluding carboxylic acids is 1. The van der Waals surface area contributed by atoms with Gasteiger partial charge in [0.25, 0.3) is 10.0 Å². The zero-order valence-corrected chi connectivity index (χ0v) is 24.6. The Morgan fingerprint density at radius 2 is 1.81 bits per heavy atom. The molecule has 1 aromatic heterocycles. The van der Waals surface area contributed by atoms with Crippen LogP contribution in [-0.2, 0) is 27.8 Å². The summed E-state index contributed by atoms with van der Waals surface area (Å²) in [4.78, 5) is 15.6. The highest BCUT2D eigenvalue weighted by Gasteiger charge is 2.36. The number of fused-ring (bicyclic) bond motifs is 2. The summed E-state index contributed by atoms with van der Waals surface area (Å²) >= 11 is 0. The summed E-state index contributed by atoms with van der Waals surface area (Å²) in [6.45, 7) is 3.76. The summed E-state index contributed by atoms with van der Waals surface area (Å²) in [5.41, 5.74) is 2.82. The van der Waals surface area contributed by atoms with Gasteiger partial charge in [-0.15, -0.1) is 5.10 Å². The van der Waals surface area contributed by atoms with E-state index in [1.165, 1.54) is 37.2 Å². The van der Waals surface area contributed by atoms with Crippen LogP contribution in [0.2, 0.25) is 0 Å². The van der Waals surface area contributed by atoms with Gasteiger partial charge < -0.3 is 10.1 Å². The maximum absolute atomic E-state index is 13.8. The third-order valence-electron chi connectivity index (χ3n) is 8.57. The molecule has 222 valence electrons. The van der Waals surface area contributed by atoms with Crippen LogP contribution in [0.15, 0.2) is 84.2 Å². The summed E-state index contributed by atoms with van der Waals surface area (Å²) in [7, 11) is -4.01. The molecule has 43 heavy (non-hydrogen) atoms. The Morgan fingerprint density at radius 1 is 0.977 bits per heavy atom. The number of amides is 1. The number of nitrogens with zero attached hydrogens (tertiary/aromatic N) is 5. The van der Waals surface area contributed by atoms with Crippen LogP contribution in [0, 0.1) is 0 Å². The first-order valence-corrected chi connectivity index (χ1v) is 16.3. The van der Waals surface area contributed by atoms with E-state index in [9.17, 15) is 13.2 Å². The van der Waals surface area contributed by atoms with Crippen LogP contribution in [0.25, 0.3) is 10.8 Å². The lowest BCUT2D eigenvalue weighted by atomic mass is 9.98. The molecule has 10 nitrogen and oxygen atoms in total. The average Bonchev–Trinajstić information content (AvgIpc) is 3.50. The fraction of sp³-hybridized carbons (Fsp3) is 0.344. The van der Waals surface area contributed by atoms with Gasteiger partial charge in [-0.05, 0) is 60.5 Å². The Morgan fingerprint density at radius 3 is 2.67 bits per heavy atom. The Kier molecular flexibility index (Phi) is 7.36. The SMILES string of the molecule is O=C1NC=CN(S(=O)(=O)c2ccc3ccccc3c2)C1Cc1cn(C2CCOc3cc(CN4CCCCC4)ccc32)nn1. The van der Waals surface area contributed by atoms with E-state index >= 15 is 0 Å². The molecule has 4 heterocycles. The molecule has 2 atom stereocenters. The Hall–Kier alpha value is -4.22. The quantitative estimate of drug-likeness (QED) is 0.343. The third kappa shape index (κ3) is 5.50. The van der Waals surface area contributed by atoms with Crippen molar-refractivity contribution in [3.8, 4) is 5.75 Å². The molecular formula is C32H34N6O4S. The van der Waals surface area contributed by atoms with Gasteiger partial charge in [0, 0.05) is 43.5 Å². The first-order chi connectivity index (χ1) is 21.0. The summed E-state index contributed by atoms with van der Waals surface area (Å²) in [5.74, 6) is 0.450. The molecule has 0 spiro atoms. The number of piperidine rings is 1. The number of carbonyl (C=O) groups is 1. The van der Waals surface area contributed by atoms with E-state index in [-0.39, 0.29) is 17.4 Å². The van der Waals surface area contributed by atoms with E-state index in [0.717, 1.165) is 52.4 Å². The van der Waals surface area contributed by atoms with Crippen LogP contribution in [0.5, 0.6) is 5.75 Å². The molecule has 4 aromatic rings. The number of benzene rings is 3. The van der Waals surface area contributed by atoms with Crippen molar-refractivity contribution in [3.63, 3.8) is 0 Å². The average molecular weight is 599 g/mol. The van der Waals surface area contributed by atoms with Gasteiger partial charge >= 0.3 is 0 Å². The topological polar surface area (TPSA) is 110 Å². The second kappa shape index (κ2) is 11.5. The standard InChI is InChI=1S/C32H34N6O4S/c39-32-30(38(16-13-33-32)43(40,41)27-10-9-24-6-2-3-7-25(24)19-27)20-26-22-37(35-34-26)29-12-17-42-31-18-23(8-11-28(29)31)21-36-14-4-1-5-15-36/h2-3,6-11,13,16,18-19,22,29-30H,1,4-5,12,14-15,17,20-21H2,(H,33,39). The summed E-state index contributed by atoms with van der Waals surface area (Å²) in [5, 5.41) is 13.2. The van der Waals surface area contributed by atoms with Crippen molar-refractivity contribution >= 4 is 26.7 Å². The van der Waals surface area contributed by atoms with Gasteiger partial charge in [0.1, 0.15) is 11.8 Å². The molecule has 0 aliphatic carbocycles. The van der Waals surface area contributed by atoms with Gasteiger partial charge in [0.15, 0.2) is 0 Å². The van der Waals surface area contributed by atoms with Crippen LogP contribution in [0.3, 0.4) is 0 Å². The molecule has 1 N–H and O–H groups in total. The minimum absolute atomic E-state index is 0.0634. The van der Waals surface area contributed by atoms with Gasteiger partial charge in [0.05, 0.1) is 23.2 Å². The summed E-state index contributed by atoms with van der Waals surface area (Å²) in [6.07, 6.45) is 9.20. The van der Waals surface area contributed by atoms with Crippen LogP contribution in [-0.4, -0.2) is 64.3 Å². The molecule has 1 saturated heterocycles. The normalized spacial score (nSPS) is 20.9. The molecule has 0 bridgehead atoms. The molecule has 2 unspecified atom stereocenters. The lowest BCUT2D eigenvalue weighted by molar-refractivity contribution is -0.124. The van der Waals surface area contributed by atoms with E-state index in [1.54, 1.807) is 22.9 Å². The largest absolute Gasteiger partial charge is 0.493 e. The monoisotopic (exact) mass is 598 g/mol. The number of likely N-dealkylation sites (tertiary alicyclic amines) is 1. The lowest BCUT2D eigenvalue weighted by Crippen LogP contribution is -2.50. The van der Waals surface area contributed by atoms with E-state index < -0.39 is 22.0 Å². The van der Waals surface area contributed by atoms with Crippen molar-refractivity contribution < 1.29 is 17.9 Å². The number of sulfonamides is 1. The zero-order valence-electron chi connectivity index (χ0n) is 23.8. The number of rotatable bonds is 7. The van der Waals surface area contributed by atoms with Crippen LogP contribution in [0.4, 0.5) is 0 Å². The van der Waals surface area contributed by atoms with Gasteiger partial charge in [-0.1, -0.05) is 54.1 Å². The van der Waals surface area contributed by atoms with Crippen LogP contribution >= 0.6 is 0 Å². The minimum Gasteiger partial charge on any atom is -0.493 e. The van der Waals surface area contributed by atoms with E-state index in [4.69, 9.17) is 4.74 Å². The maximum atomic E-state index is 13.8. The van der Waals surface area contributed by atoms with Crippen molar-refractivity contribution in [2.45, 2.75) is 55.6 Å². The second-order valence-electron chi connectivity index (χ2n) is 11.4. The first kappa shape index (κ1) is 27.6. The Balaban J connectivity index is 1.11. The third-order valence-corrected chi connectivity index (χ3v) is 10.4. The fourth-order valence-electron chi connectivity index (χ4n) is 6.31. The van der Waals surface area contributed by atoms with Gasteiger partial charge in [-0.3, -0.25) is 14.0 Å². The number of hydrogen-bond acceptors (Lipinski definition) is 7. The van der Waals surface area contributed by atoms with E-state index in [1.807, 2.05) is 30.5 Å². The molecule has 3 aliphatic rings. The molecule has 3 aliphatic heterocycles. The van der Waals surface area contributed by atoms with Crippen LogP contribution < -0.4 is 10.1 Å². The van der Waals surface area contributed by atoms with Crippen LogP contribution in [0.1, 0.15) is 48.5 Å².